The van der Waals surface area contributed by atoms with E-state index in [4.69, 9.17) is 4.74 Å². The summed E-state index contributed by atoms with van der Waals surface area (Å²) in [6.45, 7) is 4.73. The van der Waals surface area contributed by atoms with Gasteiger partial charge in [0.15, 0.2) is 0 Å². The van der Waals surface area contributed by atoms with Crippen molar-refractivity contribution in [3.05, 3.63) is 22.4 Å². The second kappa shape index (κ2) is 7.14. The molecule has 0 aromatic carbocycles. The van der Waals surface area contributed by atoms with Crippen LogP contribution < -0.4 is 5.32 Å². The van der Waals surface area contributed by atoms with Crippen molar-refractivity contribution in [2.45, 2.75) is 51.1 Å². The van der Waals surface area contributed by atoms with Crippen molar-refractivity contribution in [1.82, 2.24) is 10.2 Å². The van der Waals surface area contributed by atoms with Crippen molar-refractivity contribution in [2.24, 2.45) is 11.3 Å². The molecule has 2 atom stereocenters. The zero-order valence-corrected chi connectivity index (χ0v) is 15.2. The maximum Gasteiger partial charge on any atom is 0.223 e. The van der Waals surface area contributed by atoms with E-state index in [1.807, 2.05) is 0 Å². The molecular weight excluding hydrogens is 320 g/mol. The smallest absolute Gasteiger partial charge is 0.223 e. The van der Waals surface area contributed by atoms with Gasteiger partial charge in [-0.1, -0.05) is 0 Å². The summed E-state index contributed by atoms with van der Waals surface area (Å²) in [5, 5.41) is 7.76. The molecule has 1 aliphatic carbocycles. The summed E-state index contributed by atoms with van der Waals surface area (Å²) in [5.74, 6) is 0.942. The van der Waals surface area contributed by atoms with Crippen molar-refractivity contribution in [2.75, 3.05) is 26.3 Å². The van der Waals surface area contributed by atoms with Crippen LogP contribution in [0.1, 0.15) is 44.1 Å². The lowest BCUT2D eigenvalue weighted by Crippen LogP contribution is -2.39. The third-order valence-electron chi connectivity index (χ3n) is 6.17. The Bertz CT molecular complexity index is 548. The molecule has 4 nitrogen and oxygen atoms in total. The van der Waals surface area contributed by atoms with E-state index in [1.165, 1.54) is 24.8 Å². The lowest BCUT2D eigenvalue weighted by atomic mass is 9.93. The Kier molecular flexibility index (Phi) is 4.93. The van der Waals surface area contributed by atoms with Gasteiger partial charge in [0.25, 0.3) is 0 Å². The molecule has 3 aliphatic rings. The number of piperidine rings is 1. The number of ether oxygens (including phenoxy) is 1. The normalized spacial score (nSPS) is 28.2. The summed E-state index contributed by atoms with van der Waals surface area (Å²) in [6, 6.07) is 2.62. The number of rotatable bonds is 6. The van der Waals surface area contributed by atoms with Gasteiger partial charge in [-0.2, -0.15) is 11.3 Å². The molecule has 1 saturated carbocycles. The van der Waals surface area contributed by atoms with E-state index in [0.717, 1.165) is 45.7 Å². The molecule has 1 N–H and O–H groups in total. The van der Waals surface area contributed by atoms with Gasteiger partial charge in [0, 0.05) is 32.2 Å². The Labute approximate surface area is 148 Å². The van der Waals surface area contributed by atoms with Crippen molar-refractivity contribution >= 4 is 17.2 Å². The third kappa shape index (κ3) is 3.53. The van der Waals surface area contributed by atoms with E-state index >= 15 is 0 Å². The van der Waals surface area contributed by atoms with E-state index in [2.05, 4.69) is 27.0 Å². The SMILES string of the molecule is O=C(CCC1CCOC1)N(Cc1ccsc1)C1CC12CCNCC2. The average molecular weight is 349 g/mol. The van der Waals surface area contributed by atoms with Gasteiger partial charge in [0.1, 0.15) is 0 Å². The molecule has 4 rings (SSSR count). The van der Waals surface area contributed by atoms with Crippen molar-refractivity contribution in [3.63, 3.8) is 0 Å². The third-order valence-corrected chi connectivity index (χ3v) is 6.90. The molecule has 3 heterocycles. The topological polar surface area (TPSA) is 41.6 Å². The highest BCUT2D eigenvalue weighted by molar-refractivity contribution is 7.07. The second-order valence-electron chi connectivity index (χ2n) is 7.75. The fourth-order valence-corrected chi connectivity index (χ4v) is 5.12. The van der Waals surface area contributed by atoms with Gasteiger partial charge in [0.2, 0.25) is 5.91 Å². The zero-order valence-electron chi connectivity index (χ0n) is 14.3. The van der Waals surface area contributed by atoms with Crippen LogP contribution in [0.3, 0.4) is 0 Å². The summed E-state index contributed by atoms with van der Waals surface area (Å²) in [5.41, 5.74) is 1.70. The minimum atomic E-state index is 0.355. The molecule has 24 heavy (non-hydrogen) atoms. The lowest BCUT2D eigenvalue weighted by Gasteiger charge is -2.30. The van der Waals surface area contributed by atoms with Gasteiger partial charge in [-0.3, -0.25) is 4.79 Å². The van der Waals surface area contributed by atoms with Gasteiger partial charge in [0.05, 0.1) is 0 Å². The van der Waals surface area contributed by atoms with E-state index in [0.29, 0.717) is 29.7 Å². The molecular formula is C19H28N2O2S. The van der Waals surface area contributed by atoms with Gasteiger partial charge >= 0.3 is 0 Å². The number of hydrogen-bond acceptors (Lipinski definition) is 4. The molecule has 132 valence electrons. The molecule has 1 spiro atoms. The van der Waals surface area contributed by atoms with E-state index < -0.39 is 0 Å². The Balaban J connectivity index is 1.40. The lowest BCUT2D eigenvalue weighted by molar-refractivity contribution is -0.133. The van der Waals surface area contributed by atoms with Gasteiger partial charge in [-0.05, 0) is 78.9 Å². The van der Waals surface area contributed by atoms with Gasteiger partial charge in [-0.15, -0.1) is 0 Å². The van der Waals surface area contributed by atoms with Crippen LogP contribution in [-0.2, 0) is 16.1 Å². The number of amides is 1. The van der Waals surface area contributed by atoms with Crippen LogP contribution in [0, 0.1) is 11.3 Å². The minimum Gasteiger partial charge on any atom is -0.381 e. The van der Waals surface area contributed by atoms with Crippen LogP contribution >= 0.6 is 11.3 Å². The molecule has 0 bridgehead atoms. The van der Waals surface area contributed by atoms with Crippen LogP contribution in [0.5, 0.6) is 0 Å². The minimum absolute atomic E-state index is 0.355. The standard InChI is InChI=1S/C19H28N2O2S/c22-18(2-1-15-3-9-23-13-15)21(12-16-4-10-24-14-16)17-11-19(17)5-7-20-8-6-19/h4,10,14-15,17,20H,1-3,5-9,11-13H2. The highest BCUT2D eigenvalue weighted by Gasteiger charge is 2.57. The van der Waals surface area contributed by atoms with Gasteiger partial charge < -0.3 is 15.0 Å². The summed E-state index contributed by atoms with van der Waals surface area (Å²) in [7, 11) is 0. The Hall–Kier alpha value is -0.910. The summed E-state index contributed by atoms with van der Waals surface area (Å²) >= 11 is 1.72. The van der Waals surface area contributed by atoms with Gasteiger partial charge in [-0.25, -0.2) is 0 Å². The maximum atomic E-state index is 13.0. The van der Waals surface area contributed by atoms with E-state index in [1.54, 1.807) is 11.3 Å². The first-order chi connectivity index (χ1) is 11.8. The van der Waals surface area contributed by atoms with E-state index in [9.17, 15) is 4.79 Å². The summed E-state index contributed by atoms with van der Waals surface area (Å²) in [6.07, 6.45) is 6.44. The summed E-state index contributed by atoms with van der Waals surface area (Å²) in [4.78, 5) is 15.2. The fraction of sp³-hybridized carbons (Fsp3) is 0.737. The van der Waals surface area contributed by atoms with Crippen molar-refractivity contribution in [1.29, 1.82) is 0 Å². The molecule has 1 amide bonds. The van der Waals surface area contributed by atoms with Crippen molar-refractivity contribution < 1.29 is 9.53 Å². The molecule has 3 fully saturated rings. The van der Waals surface area contributed by atoms with Crippen LogP contribution in [-0.4, -0.2) is 43.2 Å². The molecule has 0 radical (unpaired) electrons. The van der Waals surface area contributed by atoms with E-state index in [-0.39, 0.29) is 0 Å². The average Bonchev–Trinajstić information content (AvgIpc) is 3.06. The van der Waals surface area contributed by atoms with Crippen LogP contribution in [0.25, 0.3) is 0 Å². The fourth-order valence-electron chi connectivity index (χ4n) is 4.46. The number of nitrogens with one attached hydrogen (secondary N) is 1. The molecule has 2 unspecified atom stereocenters. The predicted molar refractivity (Wildman–Crippen MR) is 96.0 cm³/mol. The Morgan fingerprint density at radius 3 is 3.00 bits per heavy atom. The molecule has 2 saturated heterocycles. The largest absolute Gasteiger partial charge is 0.381 e. The Morgan fingerprint density at radius 1 is 1.42 bits per heavy atom. The van der Waals surface area contributed by atoms with Crippen LogP contribution in [0.15, 0.2) is 16.8 Å². The second-order valence-corrected chi connectivity index (χ2v) is 8.53. The number of nitrogens with zero attached hydrogens (tertiary/aromatic N) is 1. The highest BCUT2D eigenvalue weighted by atomic mass is 32.1. The Morgan fingerprint density at radius 2 is 2.29 bits per heavy atom. The molecule has 1 aromatic heterocycles. The monoisotopic (exact) mass is 348 g/mol. The van der Waals surface area contributed by atoms with Crippen molar-refractivity contribution in [3.8, 4) is 0 Å². The number of hydrogen-bond donors (Lipinski definition) is 1. The number of thiophene rings is 1. The quantitative estimate of drug-likeness (QED) is 0.859. The predicted octanol–water partition coefficient (Wildman–Crippen LogP) is 3.04. The van der Waals surface area contributed by atoms with Crippen LogP contribution in [0.2, 0.25) is 0 Å². The first-order valence-electron chi connectivity index (χ1n) is 9.36. The zero-order chi connectivity index (χ0) is 16.4. The molecule has 1 aromatic rings. The summed E-state index contributed by atoms with van der Waals surface area (Å²) < 4.78 is 5.45. The van der Waals surface area contributed by atoms with Crippen LogP contribution in [0.4, 0.5) is 0 Å². The highest BCUT2D eigenvalue weighted by Crippen LogP contribution is 2.56. The molecule has 5 heteroatoms. The number of carbonyl (C=O) groups excluding carboxylic acids is 1. The maximum absolute atomic E-state index is 13.0. The molecule has 2 aliphatic heterocycles. The first-order valence-corrected chi connectivity index (χ1v) is 10.3. The number of carbonyl (C=O) groups is 1. The first kappa shape index (κ1) is 16.6.